The molecule has 0 amide bonds. The van der Waals surface area contributed by atoms with Crippen LogP contribution in [0.5, 0.6) is 0 Å². The Kier molecular flexibility index (Phi) is 6.24. The number of aliphatic hydroxyl groups is 1. The Morgan fingerprint density at radius 3 is 2.28 bits per heavy atom. The number of rotatable bonds is 8. The molecular formula is C12H18FNO3S. The van der Waals surface area contributed by atoms with Gasteiger partial charge in [0.1, 0.15) is 5.82 Å². The highest BCUT2D eigenvalue weighted by Gasteiger charge is 2.12. The first kappa shape index (κ1) is 15.1. The predicted octanol–water partition coefficient (Wildman–Crippen LogP) is 1.66. The van der Waals surface area contributed by atoms with Crippen molar-refractivity contribution in [3.05, 3.63) is 30.1 Å². The normalized spacial score (nSPS) is 11.7. The van der Waals surface area contributed by atoms with E-state index in [9.17, 15) is 12.8 Å². The van der Waals surface area contributed by atoms with E-state index in [1.54, 1.807) is 0 Å². The average molecular weight is 275 g/mol. The van der Waals surface area contributed by atoms with Crippen molar-refractivity contribution in [1.29, 1.82) is 0 Å². The van der Waals surface area contributed by atoms with E-state index in [0.717, 1.165) is 37.8 Å². The molecule has 1 aromatic rings. The SMILES string of the molecule is O=S(=O)(NCCCCCCO)c1ccc(F)cc1. The summed E-state index contributed by atoms with van der Waals surface area (Å²) in [6.07, 6.45) is 3.21. The summed E-state index contributed by atoms with van der Waals surface area (Å²) in [6.45, 7) is 0.520. The highest BCUT2D eigenvalue weighted by molar-refractivity contribution is 7.89. The van der Waals surface area contributed by atoms with Gasteiger partial charge in [0.15, 0.2) is 0 Å². The zero-order valence-electron chi connectivity index (χ0n) is 10.1. The van der Waals surface area contributed by atoms with Gasteiger partial charge in [0.25, 0.3) is 0 Å². The molecular weight excluding hydrogens is 257 g/mol. The van der Waals surface area contributed by atoms with Crippen LogP contribution in [0.25, 0.3) is 0 Å². The highest BCUT2D eigenvalue weighted by atomic mass is 32.2. The molecule has 18 heavy (non-hydrogen) atoms. The standard InChI is InChI=1S/C12H18FNO3S/c13-11-5-7-12(8-6-11)18(16,17)14-9-3-1-2-4-10-15/h5-8,14-15H,1-4,9-10H2. The fourth-order valence-electron chi connectivity index (χ4n) is 1.49. The quantitative estimate of drug-likeness (QED) is 0.709. The molecule has 0 aliphatic rings. The molecule has 0 unspecified atom stereocenters. The highest BCUT2D eigenvalue weighted by Crippen LogP contribution is 2.09. The van der Waals surface area contributed by atoms with Crippen molar-refractivity contribution in [2.24, 2.45) is 0 Å². The summed E-state index contributed by atoms with van der Waals surface area (Å²) < 4.78 is 38.6. The number of benzene rings is 1. The smallest absolute Gasteiger partial charge is 0.240 e. The molecule has 1 aromatic carbocycles. The lowest BCUT2D eigenvalue weighted by molar-refractivity contribution is 0.282. The van der Waals surface area contributed by atoms with Crippen LogP contribution in [-0.4, -0.2) is 26.7 Å². The topological polar surface area (TPSA) is 66.4 Å². The van der Waals surface area contributed by atoms with Crippen LogP contribution < -0.4 is 4.72 Å². The Bertz CT molecular complexity index is 445. The number of aliphatic hydroxyl groups excluding tert-OH is 1. The molecule has 0 saturated heterocycles. The first-order chi connectivity index (χ1) is 8.56. The third-order valence-electron chi connectivity index (χ3n) is 2.50. The lowest BCUT2D eigenvalue weighted by atomic mass is 10.2. The minimum absolute atomic E-state index is 0.0688. The lowest BCUT2D eigenvalue weighted by Gasteiger charge is -2.06. The monoisotopic (exact) mass is 275 g/mol. The summed E-state index contributed by atoms with van der Waals surface area (Å²) in [5, 5.41) is 8.58. The van der Waals surface area contributed by atoms with Gasteiger partial charge in [-0.15, -0.1) is 0 Å². The molecule has 0 spiro atoms. The molecule has 0 aromatic heterocycles. The van der Waals surface area contributed by atoms with Crippen LogP contribution in [0.15, 0.2) is 29.2 Å². The van der Waals surface area contributed by atoms with E-state index in [1.807, 2.05) is 0 Å². The molecule has 0 atom stereocenters. The Labute approximate surface area is 107 Å². The van der Waals surface area contributed by atoms with E-state index in [2.05, 4.69) is 4.72 Å². The Morgan fingerprint density at radius 1 is 1.06 bits per heavy atom. The van der Waals surface area contributed by atoms with Crippen LogP contribution in [0.4, 0.5) is 4.39 Å². The van der Waals surface area contributed by atoms with Crippen molar-refractivity contribution in [3.8, 4) is 0 Å². The number of hydrogen-bond donors (Lipinski definition) is 2. The lowest BCUT2D eigenvalue weighted by Crippen LogP contribution is -2.24. The van der Waals surface area contributed by atoms with Gasteiger partial charge in [-0.2, -0.15) is 0 Å². The molecule has 6 heteroatoms. The molecule has 0 radical (unpaired) electrons. The van der Waals surface area contributed by atoms with Crippen molar-refractivity contribution in [2.45, 2.75) is 30.6 Å². The van der Waals surface area contributed by atoms with E-state index >= 15 is 0 Å². The fourth-order valence-corrected chi connectivity index (χ4v) is 2.57. The molecule has 2 N–H and O–H groups in total. The maximum absolute atomic E-state index is 12.7. The van der Waals surface area contributed by atoms with Gasteiger partial charge < -0.3 is 5.11 Å². The number of sulfonamides is 1. The Balaban J connectivity index is 2.38. The fraction of sp³-hybridized carbons (Fsp3) is 0.500. The van der Waals surface area contributed by atoms with Gasteiger partial charge >= 0.3 is 0 Å². The third-order valence-corrected chi connectivity index (χ3v) is 3.98. The van der Waals surface area contributed by atoms with Crippen molar-refractivity contribution >= 4 is 10.0 Å². The number of nitrogens with one attached hydrogen (secondary N) is 1. The van der Waals surface area contributed by atoms with Crippen LogP contribution in [0.2, 0.25) is 0 Å². The zero-order valence-corrected chi connectivity index (χ0v) is 10.9. The minimum atomic E-state index is -3.54. The Morgan fingerprint density at radius 2 is 1.67 bits per heavy atom. The van der Waals surface area contributed by atoms with Crippen molar-refractivity contribution in [2.75, 3.05) is 13.2 Å². The summed E-state index contributed by atoms with van der Waals surface area (Å²) >= 11 is 0. The van der Waals surface area contributed by atoms with E-state index in [4.69, 9.17) is 5.11 Å². The van der Waals surface area contributed by atoms with E-state index in [0.29, 0.717) is 6.54 Å². The molecule has 0 fully saturated rings. The maximum Gasteiger partial charge on any atom is 0.240 e. The van der Waals surface area contributed by atoms with E-state index < -0.39 is 15.8 Å². The molecule has 0 saturated carbocycles. The third kappa shape index (κ3) is 5.12. The van der Waals surface area contributed by atoms with Gasteiger partial charge in [-0.05, 0) is 37.1 Å². The number of halogens is 1. The van der Waals surface area contributed by atoms with Crippen molar-refractivity contribution in [1.82, 2.24) is 4.72 Å². The number of hydrogen-bond acceptors (Lipinski definition) is 3. The first-order valence-corrected chi connectivity index (χ1v) is 7.40. The molecule has 0 heterocycles. The van der Waals surface area contributed by atoms with Crippen LogP contribution in [0.1, 0.15) is 25.7 Å². The molecule has 0 aliphatic carbocycles. The summed E-state index contributed by atoms with van der Waals surface area (Å²) in [4.78, 5) is 0.0688. The summed E-state index contributed by atoms with van der Waals surface area (Å²) in [7, 11) is -3.54. The summed E-state index contributed by atoms with van der Waals surface area (Å²) in [6, 6.07) is 4.72. The number of unbranched alkanes of at least 4 members (excludes halogenated alkanes) is 3. The second kappa shape index (κ2) is 7.45. The predicted molar refractivity (Wildman–Crippen MR) is 67.1 cm³/mol. The van der Waals surface area contributed by atoms with Crippen LogP contribution in [-0.2, 0) is 10.0 Å². The van der Waals surface area contributed by atoms with Crippen molar-refractivity contribution in [3.63, 3.8) is 0 Å². The zero-order chi connectivity index (χ0) is 13.4. The molecule has 0 bridgehead atoms. The second-order valence-electron chi connectivity index (χ2n) is 3.99. The minimum Gasteiger partial charge on any atom is -0.396 e. The van der Waals surface area contributed by atoms with Gasteiger partial charge in [0.2, 0.25) is 10.0 Å². The molecule has 102 valence electrons. The Hall–Kier alpha value is -0.980. The van der Waals surface area contributed by atoms with Gasteiger partial charge in [0.05, 0.1) is 4.90 Å². The van der Waals surface area contributed by atoms with Crippen molar-refractivity contribution < 1.29 is 17.9 Å². The van der Waals surface area contributed by atoms with Gasteiger partial charge in [-0.25, -0.2) is 17.5 Å². The van der Waals surface area contributed by atoms with Gasteiger partial charge in [0, 0.05) is 13.2 Å². The second-order valence-corrected chi connectivity index (χ2v) is 5.76. The van der Waals surface area contributed by atoms with E-state index in [-0.39, 0.29) is 11.5 Å². The summed E-state index contributed by atoms with van der Waals surface area (Å²) in [5.74, 6) is -0.460. The van der Waals surface area contributed by atoms with Gasteiger partial charge in [-0.3, -0.25) is 0 Å². The first-order valence-electron chi connectivity index (χ1n) is 5.92. The molecule has 4 nitrogen and oxygen atoms in total. The largest absolute Gasteiger partial charge is 0.396 e. The molecule has 1 rings (SSSR count). The summed E-state index contributed by atoms with van der Waals surface area (Å²) in [5.41, 5.74) is 0. The maximum atomic E-state index is 12.7. The average Bonchev–Trinajstić information content (AvgIpc) is 2.34. The van der Waals surface area contributed by atoms with E-state index in [1.165, 1.54) is 12.1 Å². The van der Waals surface area contributed by atoms with Crippen LogP contribution in [0, 0.1) is 5.82 Å². The molecule has 0 aliphatic heterocycles. The van der Waals surface area contributed by atoms with Gasteiger partial charge in [-0.1, -0.05) is 12.8 Å². The van der Waals surface area contributed by atoms with Crippen LogP contribution >= 0.6 is 0 Å². The van der Waals surface area contributed by atoms with Crippen LogP contribution in [0.3, 0.4) is 0 Å².